The number of hydrogen-bond acceptors (Lipinski definition) is 6. The summed E-state index contributed by atoms with van der Waals surface area (Å²) < 4.78 is 15.7. The van der Waals surface area contributed by atoms with E-state index in [4.69, 9.17) is 14.2 Å². The van der Waals surface area contributed by atoms with E-state index in [9.17, 15) is 9.59 Å². The number of nitrogens with zero attached hydrogens (tertiary/aromatic N) is 1. The summed E-state index contributed by atoms with van der Waals surface area (Å²) in [6.07, 6.45) is 1.46. The number of ether oxygens (including phenoxy) is 3. The first-order chi connectivity index (χ1) is 15.0. The summed E-state index contributed by atoms with van der Waals surface area (Å²) in [6.45, 7) is 1.91. The second kappa shape index (κ2) is 10.1. The summed E-state index contributed by atoms with van der Waals surface area (Å²) in [7, 11) is 3.06. The third-order valence-corrected chi connectivity index (χ3v) is 4.38. The van der Waals surface area contributed by atoms with Gasteiger partial charge in [-0.3, -0.25) is 4.79 Å². The van der Waals surface area contributed by atoms with Crippen LogP contribution in [-0.4, -0.2) is 32.3 Å². The van der Waals surface area contributed by atoms with Gasteiger partial charge in [0, 0.05) is 0 Å². The van der Waals surface area contributed by atoms with E-state index in [1.54, 1.807) is 67.8 Å². The van der Waals surface area contributed by atoms with E-state index in [-0.39, 0.29) is 0 Å². The van der Waals surface area contributed by atoms with E-state index in [1.807, 2.05) is 13.0 Å². The van der Waals surface area contributed by atoms with Crippen molar-refractivity contribution in [2.24, 2.45) is 5.10 Å². The molecule has 3 aromatic carbocycles. The van der Waals surface area contributed by atoms with Crippen LogP contribution in [0.4, 0.5) is 0 Å². The van der Waals surface area contributed by atoms with Crippen molar-refractivity contribution in [2.45, 2.75) is 6.92 Å². The zero-order chi connectivity index (χ0) is 22.2. The van der Waals surface area contributed by atoms with Crippen LogP contribution in [0.3, 0.4) is 0 Å². The molecule has 1 amide bonds. The van der Waals surface area contributed by atoms with Gasteiger partial charge in [-0.15, -0.1) is 0 Å². The Morgan fingerprint density at radius 1 is 0.903 bits per heavy atom. The van der Waals surface area contributed by atoms with Crippen molar-refractivity contribution >= 4 is 18.1 Å². The molecule has 158 valence electrons. The second-order valence-electron chi connectivity index (χ2n) is 6.59. The van der Waals surface area contributed by atoms with Gasteiger partial charge in [-0.05, 0) is 66.6 Å². The van der Waals surface area contributed by atoms with Crippen LogP contribution in [0.15, 0.2) is 71.8 Å². The van der Waals surface area contributed by atoms with Crippen LogP contribution in [0.5, 0.6) is 17.2 Å². The summed E-state index contributed by atoms with van der Waals surface area (Å²) >= 11 is 0. The SMILES string of the molecule is COc1ccc(C(=O)Oc2cccc(C=NNC(=O)c3ccc(C)cc3OC)c2)cc1. The predicted molar refractivity (Wildman–Crippen MR) is 117 cm³/mol. The molecule has 0 saturated carbocycles. The van der Waals surface area contributed by atoms with E-state index in [0.717, 1.165) is 5.56 Å². The Kier molecular flexibility index (Phi) is 7.01. The zero-order valence-electron chi connectivity index (χ0n) is 17.4. The summed E-state index contributed by atoms with van der Waals surface area (Å²) in [4.78, 5) is 24.7. The van der Waals surface area contributed by atoms with Crippen LogP contribution in [0, 0.1) is 6.92 Å². The topological polar surface area (TPSA) is 86.2 Å². The average molecular weight is 418 g/mol. The monoisotopic (exact) mass is 418 g/mol. The maximum absolute atomic E-state index is 12.4. The highest BCUT2D eigenvalue weighted by Gasteiger charge is 2.12. The first kappa shape index (κ1) is 21.6. The molecule has 3 rings (SSSR count). The van der Waals surface area contributed by atoms with Crippen LogP contribution < -0.4 is 19.6 Å². The number of amides is 1. The lowest BCUT2D eigenvalue weighted by molar-refractivity contribution is 0.0734. The molecule has 1 N–H and O–H groups in total. The van der Waals surface area contributed by atoms with Crippen LogP contribution in [0.1, 0.15) is 31.8 Å². The Balaban J connectivity index is 1.64. The molecule has 0 aliphatic carbocycles. The molecule has 0 aliphatic heterocycles. The average Bonchev–Trinajstić information content (AvgIpc) is 2.79. The highest BCUT2D eigenvalue weighted by molar-refractivity contribution is 5.97. The van der Waals surface area contributed by atoms with E-state index < -0.39 is 11.9 Å². The Morgan fingerprint density at radius 3 is 2.39 bits per heavy atom. The number of carbonyl (C=O) groups is 2. The van der Waals surface area contributed by atoms with Crippen LogP contribution in [-0.2, 0) is 0 Å². The van der Waals surface area contributed by atoms with Gasteiger partial charge in [-0.2, -0.15) is 5.10 Å². The number of hydrogen-bond donors (Lipinski definition) is 1. The highest BCUT2D eigenvalue weighted by Crippen LogP contribution is 2.20. The molecule has 0 atom stereocenters. The molecular weight excluding hydrogens is 396 g/mol. The second-order valence-corrected chi connectivity index (χ2v) is 6.59. The van der Waals surface area contributed by atoms with Crippen molar-refractivity contribution in [2.75, 3.05) is 14.2 Å². The fourth-order valence-electron chi connectivity index (χ4n) is 2.76. The maximum Gasteiger partial charge on any atom is 0.343 e. The van der Waals surface area contributed by atoms with E-state index in [2.05, 4.69) is 10.5 Å². The minimum atomic E-state index is -0.489. The molecule has 0 aromatic heterocycles. The standard InChI is InChI=1S/C24H22N2O5/c1-16-7-12-21(22(13-16)30-3)23(27)26-25-15-17-5-4-6-20(14-17)31-24(28)18-8-10-19(29-2)11-9-18/h4-15H,1-3H3,(H,26,27). The van der Waals surface area contributed by atoms with Crippen LogP contribution >= 0.6 is 0 Å². The third-order valence-electron chi connectivity index (χ3n) is 4.38. The summed E-state index contributed by atoms with van der Waals surface area (Å²) in [5.41, 5.74) is 4.89. The molecule has 0 heterocycles. The minimum Gasteiger partial charge on any atom is -0.497 e. The van der Waals surface area contributed by atoms with Crippen molar-refractivity contribution < 1.29 is 23.8 Å². The molecule has 7 nitrogen and oxygen atoms in total. The third kappa shape index (κ3) is 5.70. The first-order valence-corrected chi connectivity index (χ1v) is 9.44. The molecule has 0 radical (unpaired) electrons. The number of rotatable bonds is 7. The van der Waals surface area contributed by atoms with Crippen molar-refractivity contribution in [3.05, 3.63) is 89.0 Å². The fourth-order valence-corrected chi connectivity index (χ4v) is 2.76. The number of hydrazone groups is 1. The number of esters is 1. The molecule has 7 heteroatoms. The minimum absolute atomic E-state index is 0.358. The summed E-state index contributed by atoms with van der Waals surface area (Å²) in [6, 6.07) is 18.7. The van der Waals surface area contributed by atoms with Crippen LogP contribution in [0.25, 0.3) is 0 Å². The van der Waals surface area contributed by atoms with Gasteiger partial charge in [0.1, 0.15) is 17.2 Å². The van der Waals surface area contributed by atoms with Gasteiger partial charge in [0.2, 0.25) is 0 Å². The molecule has 31 heavy (non-hydrogen) atoms. The molecule has 0 saturated heterocycles. The Labute approximate surface area is 180 Å². The van der Waals surface area contributed by atoms with Gasteiger partial charge in [-0.1, -0.05) is 18.2 Å². The van der Waals surface area contributed by atoms with Gasteiger partial charge < -0.3 is 14.2 Å². The number of aryl methyl sites for hydroxylation is 1. The molecular formula is C24H22N2O5. The van der Waals surface area contributed by atoms with Gasteiger partial charge >= 0.3 is 5.97 Å². The summed E-state index contributed by atoms with van der Waals surface area (Å²) in [5.74, 6) is 0.600. The van der Waals surface area contributed by atoms with Crippen molar-refractivity contribution in [3.8, 4) is 17.2 Å². The number of carbonyl (C=O) groups excluding carboxylic acids is 2. The molecule has 0 unspecified atom stereocenters. The first-order valence-electron chi connectivity index (χ1n) is 9.44. The zero-order valence-corrected chi connectivity index (χ0v) is 17.4. The maximum atomic E-state index is 12.4. The molecule has 0 spiro atoms. The van der Waals surface area contributed by atoms with Gasteiger partial charge in [0.15, 0.2) is 0 Å². The lowest BCUT2D eigenvalue weighted by atomic mass is 10.1. The normalized spacial score (nSPS) is 10.5. The lowest BCUT2D eigenvalue weighted by Crippen LogP contribution is -2.18. The molecule has 0 bridgehead atoms. The smallest absolute Gasteiger partial charge is 0.343 e. The Hall–Kier alpha value is -4.13. The van der Waals surface area contributed by atoms with Gasteiger partial charge in [0.25, 0.3) is 5.91 Å². The fraction of sp³-hybridized carbons (Fsp3) is 0.125. The largest absolute Gasteiger partial charge is 0.497 e. The van der Waals surface area contributed by atoms with Gasteiger partial charge in [0.05, 0.1) is 31.6 Å². The van der Waals surface area contributed by atoms with E-state index >= 15 is 0 Å². The Morgan fingerprint density at radius 2 is 1.68 bits per heavy atom. The lowest BCUT2D eigenvalue weighted by Gasteiger charge is -2.08. The molecule has 0 aliphatic rings. The Bertz CT molecular complexity index is 1110. The van der Waals surface area contributed by atoms with E-state index in [1.165, 1.54) is 13.3 Å². The van der Waals surface area contributed by atoms with Crippen molar-refractivity contribution in [1.29, 1.82) is 0 Å². The quantitative estimate of drug-likeness (QED) is 0.271. The number of nitrogens with one attached hydrogen (secondary N) is 1. The predicted octanol–water partition coefficient (Wildman–Crippen LogP) is 4.00. The molecule has 0 fully saturated rings. The van der Waals surface area contributed by atoms with Crippen LogP contribution in [0.2, 0.25) is 0 Å². The van der Waals surface area contributed by atoms with Crippen molar-refractivity contribution in [1.82, 2.24) is 5.43 Å². The summed E-state index contributed by atoms with van der Waals surface area (Å²) in [5, 5.41) is 3.98. The molecule has 3 aromatic rings. The van der Waals surface area contributed by atoms with Gasteiger partial charge in [-0.25, -0.2) is 10.2 Å². The number of benzene rings is 3. The van der Waals surface area contributed by atoms with Crippen molar-refractivity contribution in [3.63, 3.8) is 0 Å². The van der Waals surface area contributed by atoms with E-state index in [0.29, 0.717) is 33.9 Å². The highest BCUT2D eigenvalue weighted by atomic mass is 16.5. The number of methoxy groups -OCH3 is 2.